The van der Waals surface area contributed by atoms with Gasteiger partial charge >= 0.3 is 0 Å². The molecule has 2 rings (SSSR count). The van der Waals surface area contributed by atoms with Crippen LogP contribution in [0.15, 0.2) is 30.3 Å². The lowest BCUT2D eigenvalue weighted by atomic mass is 10.3. The predicted octanol–water partition coefficient (Wildman–Crippen LogP) is 2.56. The highest BCUT2D eigenvalue weighted by atomic mass is 19.1. The van der Waals surface area contributed by atoms with Crippen molar-refractivity contribution < 1.29 is 4.39 Å². The number of hydrogen-bond donors (Lipinski definition) is 2. The molecule has 90 valence electrons. The average molecular weight is 243 g/mol. The molecule has 5 nitrogen and oxygen atoms in total. The van der Waals surface area contributed by atoms with Gasteiger partial charge in [-0.15, -0.1) is 0 Å². The summed E-state index contributed by atoms with van der Waals surface area (Å²) in [4.78, 5) is 8.20. The number of anilines is 3. The zero-order valence-electron chi connectivity index (χ0n) is 9.61. The number of hydrogen-bond acceptors (Lipinski definition) is 5. The molecule has 0 spiro atoms. The van der Waals surface area contributed by atoms with Gasteiger partial charge in [-0.05, 0) is 31.2 Å². The lowest BCUT2D eigenvalue weighted by Crippen LogP contribution is -2.00. The van der Waals surface area contributed by atoms with Crippen molar-refractivity contribution in [1.29, 1.82) is 5.26 Å². The number of aromatic nitrogens is 2. The fourth-order valence-corrected chi connectivity index (χ4v) is 1.43. The number of aryl methyl sites for hydroxylation is 1. The molecule has 0 unspecified atom stereocenters. The molecular formula is C12H10FN5. The molecule has 2 N–H and O–H groups in total. The first-order chi connectivity index (χ1) is 8.67. The van der Waals surface area contributed by atoms with Crippen LogP contribution in [0.5, 0.6) is 0 Å². The first kappa shape index (κ1) is 11.8. The Morgan fingerprint density at radius 2 is 1.83 bits per heavy atom. The van der Waals surface area contributed by atoms with E-state index in [1.165, 1.54) is 12.1 Å². The molecule has 1 heterocycles. The quantitative estimate of drug-likeness (QED) is 0.640. The number of nitrogens with one attached hydrogen (secondary N) is 2. The monoisotopic (exact) mass is 243 g/mol. The van der Waals surface area contributed by atoms with Gasteiger partial charge in [0.25, 0.3) is 0 Å². The fraction of sp³-hybridized carbons (Fsp3) is 0.0833. The van der Waals surface area contributed by atoms with Crippen LogP contribution in [0.4, 0.5) is 21.7 Å². The van der Waals surface area contributed by atoms with Gasteiger partial charge in [0.1, 0.15) is 23.3 Å². The summed E-state index contributed by atoms with van der Waals surface area (Å²) in [5.41, 5.74) is 0.706. The third-order valence-electron chi connectivity index (χ3n) is 2.14. The van der Waals surface area contributed by atoms with Gasteiger partial charge < -0.3 is 5.32 Å². The minimum Gasteiger partial charge on any atom is -0.340 e. The Hall–Kier alpha value is -2.68. The van der Waals surface area contributed by atoms with Crippen molar-refractivity contribution in [2.75, 3.05) is 10.6 Å². The molecule has 0 radical (unpaired) electrons. The van der Waals surface area contributed by atoms with Gasteiger partial charge in [0.15, 0.2) is 6.19 Å². The maximum Gasteiger partial charge on any atom is 0.182 e. The summed E-state index contributed by atoms with van der Waals surface area (Å²) >= 11 is 0. The summed E-state index contributed by atoms with van der Waals surface area (Å²) in [7, 11) is 0. The van der Waals surface area contributed by atoms with Crippen molar-refractivity contribution >= 4 is 17.3 Å². The van der Waals surface area contributed by atoms with Gasteiger partial charge in [-0.1, -0.05) is 0 Å². The van der Waals surface area contributed by atoms with Crippen LogP contribution in [0.1, 0.15) is 5.82 Å². The minimum absolute atomic E-state index is 0.300. The molecule has 18 heavy (non-hydrogen) atoms. The summed E-state index contributed by atoms with van der Waals surface area (Å²) in [5.74, 6) is 1.17. The molecule has 0 fully saturated rings. The highest BCUT2D eigenvalue weighted by molar-refractivity contribution is 5.59. The minimum atomic E-state index is -0.300. The van der Waals surface area contributed by atoms with E-state index in [2.05, 4.69) is 20.6 Å². The highest BCUT2D eigenvalue weighted by Crippen LogP contribution is 2.17. The molecule has 1 aromatic carbocycles. The predicted molar refractivity (Wildman–Crippen MR) is 65.7 cm³/mol. The lowest BCUT2D eigenvalue weighted by Gasteiger charge is -2.07. The molecular weight excluding hydrogens is 233 g/mol. The lowest BCUT2D eigenvalue weighted by molar-refractivity contribution is 0.628. The van der Waals surface area contributed by atoms with Crippen LogP contribution in [-0.4, -0.2) is 9.97 Å². The van der Waals surface area contributed by atoms with E-state index >= 15 is 0 Å². The summed E-state index contributed by atoms with van der Waals surface area (Å²) < 4.78 is 12.8. The van der Waals surface area contributed by atoms with Gasteiger partial charge in [-0.3, -0.25) is 5.32 Å². The SMILES string of the molecule is Cc1nc(NC#N)cc(Nc2ccc(F)cc2)n1. The van der Waals surface area contributed by atoms with Crippen molar-refractivity contribution in [3.8, 4) is 6.19 Å². The third kappa shape index (κ3) is 2.92. The Morgan fingerprint density at radius 3 is 2.50 bits per heavy atom. The van der Waals surface area contributed by atoms with Crippen molar-refractivity contribution in [1.82, 2.24) is 9.97 Å². The van der Waals surface area contributed by atoms with E-state index in [1.807, 2.05) is 0 Å². The Kier molecular flexibility index (Phi) is 3.34. The largest absolute Gasteiger partial charge is 0.340 e. The van der Waals surface area contributed by atoms with E-state index in [-0.39, 0.29) is 5.82 Å². The second-order valence-corrected chi connectivity index (χ2v) is 3.55. The average Bonchev–Trinajstić information content (AvgIpc) is 2.32. The number of nitrogens with zero attached hydrogens (tertiary/aromatic N) is 3. The van der Waals surface area contributed by atoms with Crippen LogP contribution in [0.2, 0.25) is 0 Å². The van der Waals surface area contributed by atoms with Gasteiger partial charge in [0.2, 0.25) is 0 Å². The smallest absolute Gasteiger partial charge is 0.182 e. The topological polar surface area (TPSA) is 73.6 Å². The maximum absolute atomic E-state index is 12.8. The molecule has 0 bridgehead atoms. The van der Waals surface area contributed by atoms with Gasteiger partial charge in [-0.2, -0.15) is 5.26 Å². The Labute approximate surface area is 103 Å². The van der Waals surface area contributed by atoms with E-state index < -0.39 is 0 Å². The zero-order valence-corrected chi connectivity index (χ0v) is 9.61. The summed E-state index contributed by atoms with van der Waals surface area (Å²) in [6.07, 6.45) is 1.79. The van der Waals surface area contributed by atoms with Crippen LogP contribution in [-0.2, 0) is 0 Å². The van der Waals surface area contributed by atoms with Crippen LogP contribution in [0.25, 0.3) is 0 Å². The standard InChI is InChI=1S/C12H10FN5/c1-8-16-11(15-7-14)6-12(17-8)18-10-4-2-9(13)3-5-10/h2-6H,1H3,(H2,15,16,17,18). The number of benzene rings is 1. The molecule has 1 aromatic heterocycles. The van der Waals surface area contributed by atoms with Crippen LogP contribution in [0, 0.1) is 24.2 Å². The summed E-state index contributed by atoms with van der Waals surface area (Å²) in [5, 5.41) is 14.0. The molecule has 0 saturated carbocycles. The molecule has 0 aliphatic rings. The molecule has 0 aliphatic heterocycles. The van der Waals surface area contributed by atoms with Crippen molar-refractivity contribution in [2.45, 2.75) is 6.92 Å². The molecule has 0 saturated heterocycles. The Balaban J connectivity index is 2.23. The van der Waals surface area contributed by atoms with E-state index in [0.717, 1.165) is 0 Å². The maximum atomic E-state index is 12.8. The van der Waals surface area contributed by atoms with Crippen molar-refractivity contribution in [2.24, 2.45) is 0 Å². The first-order valence-electron chi connectivity index (χ1n) is 5.21. The number of halogens is 1. The third-order valence-corrected chi connectivity index (χ3v) is 2.14. The molecule has 0 atom stereocenters. The second kappa shape index (κ2) is 5.10. The highest BCUT2D eigenvalue weighted by Gasteiger charge is 2.02. The van der Waals surface area contributed by atoms with E-state index in [1.54, 1.807) is 31.3 Å². The van der Waals surface area contributed by atoms with Gasteiger partial charge in [-0.25, -0.2) is 14.4 Å². The first-order valence-corrected chi connectivity index (χ1v) is 5.21. The summed E-state index contributed by atoms with van der Waals surface area (Å²) in [6, 6.07) is 7.50. The molecule has 6 heteroatoms. The molecule has 2 aromatic rings. The molecule has 0 aliphatic carbocycles. The van der Waals surface area contributed by atoms with E-state index in [9.17, 15) is 4.39 Å². The van der Waals surface area contributed by atoms with Crippen molar-refractivity contribution in [3.63, 3.8) is 0 Å². The van der Waals surface area contributed by atoms with E-state index in [0.29, 0.717) is 23.1 Å². The number of rotatable bonds is 3. The van der Waals surface area contributed by atoms with E-state index in [4.69, 9.17) is 5.26 Å². The van der Waals surface area contributed by atoms with Gasteiger partial charge in [0.05, 0.1) is 0 Å². The van der Waals surface area contributed by atoms with Crippen molar-refractivity contribution in [3.05, 3.63) is 42.0 Å². The van der Waals surface area contributed by atoms with Crippen LogP contribution >= 0.6 is 0 Å². The van der Waals surface area contributed by atoms with Crippen LogP contribution in [0.3, 0.4) is 0 Å². The Bertz CT molecular complexity index is 588. The summed E-state index contributed by atoms with van der Waals surface area (Å²) in [6.45, 7) is 1.72. The van der Waals surface area contributed by atoms with Gasteiger partial charge in [0, 0.05) is 11.8 Å². The number of nitriles is 1. The molecule has 0 amide bonds. The zero-order chi connectivity index (χ0) is 13.0. The second-order valence-electron chi connectivity index (χ2n) is 3.55. The van der Waals surface area contributed by atoms with Crippen LogP contribution < -0.4 is 10.6 Å². The fourth-order valence-electron chi connectivity index (χ4n) is 1.43. The Morgan fingerprint density at radius 1 is 1.17 bits per heavy atom. The normalized spacial score (nSPS) is 9.61.